The minimum atomic E-state index is -3.82. The van der Waals surface area contributed by atoms with Gasteiger partial charge in [0.05, 0.1) is 15.8 Å². The zero-order valence-corrected chi connectivity index (χ0v) is 16.9. The average Bonchev–Trinajstić information content (AvgIpc) is 2.79. The van der Waals surface area contributed by atoms with Crippen molar-refractivity contribution in [3.63, 3.8) is 0 Å². The van der Waals surface area contributed by atoms with Crippen molar-refractivity contribution < 1.29 is 17.9 Å². The van der Waals surface area contributed by atoms with E-state index < -0.39 is 28.3 Å². The van der Waals surface area contributed by atoms with Gasteiger partial charge < -0.3 is 4.74 Å². The van der Waals surface area contributed by atoms with Gasteiger partial charge in [-0.05, 0) is 37.1 Å². The fourth-order valence-corrected chi connectivity index (χ4v) is 5.11. The first-order valence-electron chi connectivity index (χ1n) is 9.57. The number of esters is 1. The number of benzene rings is 2. The lowest BCUT2D eigenvalue weighted by Crippen LogP contribution is -2.36. The van der Waals surface area contributed by atoms with Crippen LogP contribution in [0.1, 0.15) is 29.6 Å². The van der Waals surface area contributed by atoms with Crippen LogP contribution in [0.5, 0.6) is 0 Å². The molecule has 1 aliphatic heterocycles. The van der Waals surface area contributed by atoms with Gasteiger partial charge in [0.15, 0.2) is 6.73 Å². The van der Waals surface area contributed by atoms with E-state index in [-0.39, 0.29) is 10.5 Å². The quantitative estimate of drug-likeness (QED) is 0.570. The van der Waals surface area contributed by atoms with Crippen molar-refractivity contribution in [1.29, 1.82) is 0 Å². The van der Waals surface area contributed by atoms with Crippen LogP contribution in [0.4, 0.5) is 0 Å². The Kier molecular flexibility index (Phi) is 5.60. The number of nitrogens with zero attached hydrogens (tertiary/aromatic N) is 4. The molecule has 0 unspecified atom stereocenters. The third-order valence-electron chi connectivity index (χ3n) is 4.99. The first-order chi connectivity index (χ1) is 14.5. The maximum atomic E-state index is 13.0. The Morgan fingerprint density at radius 2 is 1.70 bits per heavy atom. The molecule has 156 valence electrons. The van der Waals surface area contributed by atoms with E-state index in [1.54, 1.807) is 36.4 Å². The van der Waals surface area contributed by atoms with Gasteiger partial charge in [-0.3, -0.25) is 4.79 Å². The molecule has 1 aromatic heterocycles. The first kappa shape index (κ1) is 20.2. The van der Waals surface area contributed by atoms with Crippen LogP contribution >= 0.6 is 0 Å². The molecule has 0 amide bonds. The van der Waals surface area contributed by atoms with E-state index in [1.807, 2.05) is 0 Å². The maximum Gasteiger partial charge on any atom is 0.341 e. The number of hydrogen-bond acceptors (Lipinski definition) is 7. The zero-order chi connectivity index (χ0) is 21.1. The predicted octanol–water partition coefficient (Wildman–Crippen LogP) is 1.78. The van der Waals surface area contributed by atoms with Gasteiger partial charge in [-0.1, -0.05) is 35.9 Å². The van der Waals surface area contributed by atoms with Crippen LogP contribution in [0.15, 0.2) is 58.2 Å². The Morgan fingerprint density at radius 3 is 2.50 bits per heavy atom. The van der Waals surface area contributed by atoms with E-state index in [9.17, 15) is 18.0 Å². The second kappa shape index (κ2) is 8.33. The Balaban J connectivity index is 1.58. The van der Waals surface area contributed by atoms with Crippen molar-refractivity contribution >= 4 is 26.9 Å². The van der Waals surface area contributed by atoms with E-state index in [0.717, 1.165) is 23.9 Å². The zero-order valence-electron chi connectivity index (χ0n) is 16.1. The average molecular weight is 428 g/mol. The summed E-state index contributed by atoms with van der Waals surface area (Å²) in [6, 6.07) is 12.6. The van der Waals surface area contributed by atoms with E-state index in [2.05, 4.69) is 10.3 Å². The summed E-state index contributed by atoms with van der Waals surface area (Å²) in [5, 5.41) is 8.04. The topological polar surface area (TPSA) is 111 Å². The molecule has 2 aromatic carbocycles. The standard InChI is InChI=1S/C20H20N4O5S/c25-19-15-8-2-4-10-17(15)21-22-24(19)14-29-20(26)16-9-3-5-11-18(16)30(27,28)23-12-6-1-7-13-23/h2-5,8-11H,1,6-7,12-14H2. The van der Waals surface area contributed by atoms with Crippen LogP contribution in [0.3, 0.4) is 0 Å². The summed E-state index contributed by atoms with van der Waals surface area (Å²) >= 11 is 0. The molecule has 0 bridgehead atoms. The van der Waals surface area contributed by atoms with Crippen molar-refractivity contribution in [1.82, 2.24) is 19.3 Å². The molecule has 2 heterocycles. The van der Waals surface area contributed by atoms with Gasteiger partial charge >= 0.3 is 5.97 Å². The lowest BCUT2D eigenvalue weighted by atomic mass is 10.2. The van der Waals surface area contributed by atoms with Crippen LogP contribution in [-0.4, -0.2) is 46.8 Å². The third-order valence-corrected chi connectivity index (χ3v) is 6.94. The molecule has 0 aliphatic carbocycles. The number of ether oxygens (including phenoxy) is 1. The molecule has 9 nitrogen and oxygen atoms in total. The number of piperidine rings is 1. The Bertz CT molecular complexity index is 1250. The third kappa shape index (κ3) is 3.83. The highest BCUT2D eigenvalue weighted by Gasteiger charge is 2.30. The van der Waals surface area contributed by atoms with Crippen molar-refractivity contribution in [2.24, 2.45) is 0 Å². The number of rotatable bonds is 5. The van der Waals surface area contributed by atoms with E-state index >= 15 is 0 Å². The molecule has 3 aromatic rings. The minimum Gasteiger partial charge on any atom is -0.439 e. The predicted molar refractivity (Wildman–Crippen MR) is 108 cm³/mol. The Hall–Kier alpha value is -3.11. The monoisotopic (exact) mass is 428 g/mol. The molecule has 1 aliphatic rings. The molecule has 0 saturated carbocycles. The number of carbonyl (C=O) groups excluding carboxylic acids is 1. The molecule has 0 atom stereocenters. The SMILES string of the molecule is O=C(OCn1nnc2ccccc2c1=O)c1ccccc1S(=O)(=O)N1CCCCC1. The highest BCUT2D eigenvalue weighted by Crippen LogP contribution is 2.24. The van der Waals surface area contributed by atoms with Gasteiger partial charge in [-0.2, -0.15) is 8.99 Å². The summed E-state index contributed by atoms with van der Waals surface area (Å²) in [7, 11) is -3.82. The van der Waals surface area contributed by atoms with Crippen molar-refractivity contribution in [3.8, 4) is 0 Å². The molecule has 4 rings (SSSR count). The molecule has 0 radical (unpaired) electrons. The minimum absolute atomic E-state index is 0.0788. The highest BCUT2D eigenvalue weighted by molar-refractivity contribution is 7.89. The number of carbonyl (C=O) groups is 1. The number of hydrogen-bond donors (Lipinski definition) is 0. The van der Waals surface area contributed by atoms with Crippen LogP contribution in [0, 0.1) is 0 Å². The van der Waals surface area contributed by atoms with Crippen molar-refractivity contribution in [2.75, 3.05) is 13.1 Å². The van der Waals surface area contributed by atoms with Gasteiger partial charge in [0.25, 0.3) is 5.56 Å². The summed E-state index contributed by atoms with van der Waals surface area (Å²) in [6.07, 6.45) is 2.56. The fourth-order valence-electron chi connectivity index (χ4n) is 3.41. The maximum absolute atomic E-state index is 13.0. The Morgan fingerprint density at radius 1 is 1.00 bits per heavy atom. The van der Waals surface area contributed by atoms with Crippen LogP contribution < -0.4 is 5.56 Å². The second-order valence-electron chi connectivity index (χ2n) is 6.93. The van der Waals surface area contributed by atoms with Gasteiger partial charge in [-0.25, -0.2) is 13.2 Å². The molecular formula is C20H20N4O5S. The summed E-state index contributed by atoms with van der Waals surface area (Å²) < 4.78 is 33.6. The smallest absolute Gasteiger partial charge is 0.341 e. The van der Waals surface area contributed by atoms with E-state index in [4.69, 9.17) is 4.74 Å². The van der Waals surface area contributed by atoms with Gasteiger partial charge in [0, 0.05) is 13.1 Å². The number of fused-ring (bicyclic) bond motifs is 1. The Labute approximate surface area is 172 Å². The van der Waals surface area contributed by atoms with Crippen LogP contribution in [0.2, 0.25) is 0 Å². The number of aromatic nitrogens is 3. The van der Waals surface area contributed by atoms with Gasteiger partial charge in [-0.15, -0.1) is 5.10 Å². The molecule has 1 saturated heterocycles. The van der Waals surface area contributed by atoms with Crippen LogP contribution in [-0.2, 0) is 21.5 Å². The van der Waals surface area contributed by atoms with E-state index in [1.165, 1.54) is 16.4 Å². The second-order valence-corrected chi connectivity index (χ2v) is 8.84. The van der Waals surface area contributed by atoms with Crippen molar-refractivity contribution in [2.45, 2.75) is 30.9 Å². The summed E-state index contributed by atoms with van der Waals surface area (Å²) in [5.41, 5.74) is -0.101. The lowest BCUT2D eigenvalue weighted by molar-refractivity contribution is 0.0331. The largest absolute Gasteiger partial charge is 0.439 e. The lowest BCUT2D eigenvalue weighted by Gasteiger charge is -2.26. The molecule has 0 N–H and O–H groups in total. The molecule has 30 heavy (non-hydrogen) atoms. The summed E-state index contributed by atoms with van der Waals surface area (Å²) in [6.45, 7) is 0.370. The summed E-state index contributed by atoms with van der Waals surface area (Å²) in [5.74, 6) is -0.854. The first-order valence-corrected chi connectivity index (χ1v) is 11.0. The van der Waals surface area contributed by atoms with Crippen molar-refractivity contribution in [3.05, 3.63) is 64.4 Å². The van der Waals surface area contributed by atoms with E-state index in [0.29, 0.717) is 24.0 Å². The van der Waals surface area contributed by atoms with Crippen LogP contribution in [0.25, 0.3) is 10.9 Å². The fraction of sp³-hybridized carbons (Fsp3) is 0.300. The molecule has 10 heteroatoms. The molecule has 1 fully saturated rings. The molecular weight excluding hydrogens is 408 g/mol. The number of sulfonamides is 1. The summed E-state index contributed by atoms with van der Waals surface area (Å²) in [4.78, 5) is 25.0. The van der Waals surface area contributed by atoms with Gasteiger partial charge in [0.2, 0.25) is 10.0 Å². The molecule has 0 spiro atoms. The normalized spacial score (nSPS) is 15.2. The van der Waals surface area contributed by atoms with Gasteiger partial charge in [0.1, 0.15) is 5.52 Å². The highest BCUT2D eigenvalue weighted by atomic mass is 32.2.